The van der Waals surface area contributed by atoms with Crippen LogP contribution in [0.1, 0.15) is 54.1 Å². The van der Waals surface area contributed by atoms with Crippen molar-refractivity contribution in [3.8, 4) is 0 Å². The van der Waals surface area contributed by atoms with Gasteiger partial charge in [-0.3, -0.25) is 4.79 Å². The second kappa shape index (κ2) is 13.4. The fraction of sp³-hybridized carbons (Fsp3) is 0.429. The molecule has 1 fully saturated rings. The number of urea groups is 1. The third-order valence-electron chi connectivity index (χ3n) is 6.62. The number of unbranched alkanes of at least 4 members (excludes halogenated alkanes) is 3. The number of carboxylic acid groups (broad SMARTS) is 1. The predicted octanol–water partition coefficient (Wildman–Crippen LogP) is 4.39. The maximum atomic E-state index is 13.4. The number of anilines is 1. The van der Waals surface area contributed by atoms with Gasteiger partial charge in [0.15, 0.2) is 5.71 Å². The molecule has 2 aliphatic heterocycles. The highest BCUT2D eigenvalue weighted by molar-refractivity contribution is 7.99. The second-order valence-electron chi connectivity index (χ2n) is 9.27. The van der Waals surface area contributed by atoms with E-state index in [0.717, 1.165) is 59.6 Å². The van der Waals surface area contributed by atoms with Gasteiger partial charge in [0.05, 0.1) is 24.5 Å². The Bertz CT molecular complexity index is 1180. The van der Waals surface area contributed by atoms with E-state index in [1.165, 1.54) is 0 Å². The molecule has 2 aromatic rings. The van der Waals surface area contributed by atoms with Crippen LogP contribution in [-0.4, -0.2) is 72.2 Å². The Morgan fingerprint density at radius 2 is 1.84 bits per heavy atom. The fourth-order valence-corrected chi connectivity index (χ4v) is 5.39. The number of hydrogen-bond donors (Lipinski definition) is 2. The molecule has 0 unspecified atom stereocenters. The van der Waals surface area contributed by atoms with E-state index in [4.69, 9.17) is 9.84 Å². The van der Waals surface area contributed by atoms with Crippen molar-refractivity contribution in [1.29, 1.82) is 0 Å². The normalized spacial score (nSPS) is 16.1. The average Bonchev–Trinajstić information content (AvgIpc) is 3.20. The summed E-state index contributed by atoms with van der Waals surface area (Å²) in [5.74, 6) is -0.337. The first-order chi connectivity index (χ1) is 18.5. The number of ether oxygens (including phenoxy) is 1. The van der Waals surface area contributed by atoms with E-state index in [9.17, 15) is 14.4 Å². The molecule has 0 aliphatic carbocycles. The van der Waals surface area contributed by atoms with Gasteiger partial charge >= 0.3 is 12.0 Å². The Hall–Kier alpha value is -3.37. The number of fused-ring (bicyclic) bond motifs is 1. The van der Waals surface area contributed by atoms with Gasteiger partial charge in [-0.1, -0.05) is 38.3 Å². The van der Waals surface area contributed by atoms with Crippen LogP contribution in [0.2, 0.25) is 0 Å². The number of hydrogen-bond acceptors (Lipinski definition) is 6. The molecule has 9 nitrogen and oxygen atoms in total. The van der Waals surface area contributed by atoms with Gasteiger partial charge in [0.2, 0.25) is 0 Å². The van der Waals surface area contributed by atoms with Gasteiger partial charge in [-0.2, -0.15) is 5.10 Å². The molecule has 4 rings (SSSR count). The molecular weight excluding hydrogens is 504 g/mol. The van der Waals surface area contributed by atoms with Crippen LogP contribution in [0, 0.1) is 0 Å². The average molecular weight is 539 g/mol. The maximum Gasteiger partial charge on any atom is 0.337 e. The molecule has 3 amide bonds. The number of carbonyl (C=O) groups excluding carboxylic acids is 2. The molecule has 0 radical (unpaired) electrons. The molecule has 202 valence electrons. The number of hydrazone groups is 1. The van der Waals surface area contributed by atoms with Gasteiger partial charge in [0.1, 0.15) is 0 Å². The molecular formula is C28H34N4O5S. The summed E-state index contributed by atoms with van der Waals surface area (Å²) in [5.41, 5.74) is 5.72. The summed E-state index contributed by atoms with van der Waals surface area (Å²) in [6.45, 7) is 4.72. The van der Waals surface area contributed by atoms with E-state index in [-0.39, 0.29) is 23.2 Å². The number of aryl methyl sites for hydroxylation is 1. The Balaban J connectivity index is 1.46. The zero-order valence-corrected chi connectivity index (χ0v) is 22.5. The third kappa shape index (κ3) is 6.93. The van der Waals surface area contributed by atoms with Crippen LogP contribution in [0.25, 0.3) is 0 Å². The summed E-state index contributed by atoms with van der Waals surface area (Å²) in [6, 6.07) is 12.5. The van der Waals surface area contributed by atoms with Gasteiger partial charge in [-0.15, -0.1) is 11.8 Å². The monoisotopic (exact) mass is 538 g/mol. The van der Waals surface area contributed by atoms with Gasteiger partial charge < -0.3 is 19.6 Å². The number of thioether (sulfide) groups is 1. The van der Waals surface area contributed by atoms with Crippen molar-refractivity contribution in [2.24, 2.45) is 5.10 Å². The largest absolute Gasteiger partial charge is 0.478 e. The van der Waals surface area contributed by atoms with Crippen LogP contribution in [0.4, 0.5) is 10.5 Å². The number of aromatic carboxylic acids is 1. The smallest absolute Gasteiger partial charge is 0.337 e. The predicted molar refractivity (Wildman–Crippen MR) is 148 cm³/mol. The minimum Gasteiger partial charge on any atom is -0.478 e. The number of carbonyl (C=O) groups is 3. The number of benzene rings is 2. The minimum absolute atomic E-state index is 0.195. The molecule has 1 saturated heterocycles. The van der Waals surface area contributed by atoms with Crippen molar-refractivity contribution in [1.82, 2.24) is 10.3 Å². The number of nitrogens with one attached hydrogen (secondary N) is 1. The quantitative estimate of drug-likeness (QED) is 0.249. The molecule has 2 N–H and O–H groups in total. The van der Waals surface area contributed by atoms with Crippen molar-refractivity contribution in [2.45, 2.75) is 43.9 Å². The van der Waals surface area contributed by atoms with Gasteiger partial charge in [-0.05, 0) is 48.7 Å². The van der Waals surface area contributed by atoms with E-state index in [1.54, 1.807) is 33.7 Å². The molecule has 0 bridgehead atoms. The van der Waals surface area contributed by atoms with Crippen molar-refractivity contribution in [2.75, 3.05) is 43.5 Å². The molecule has 0 saturated carbocycles. The first-order valence-electron chi connectivity index (χ1n) is 13.1. The highest BCUT2D eigenvalue weighted by Crippen LogP contribution is 2.33. The molecule has 2 aromatic carbocycles. The zero-order valence-electron chi connectivity index (χ0n) is 21.6. The Morgan fingerprint density at radius 3 is 2.55 bits per heavy atom. The van der Waals surface area contributed by atoms with Crippen molar-refractivity contribution in [3.63, 3.8) is 0 Å². The van der Waals surface area contributed by atoms with Gasteiger partial charge in [0.25, 0.3) is 5.91 Å². The SMILES string of the molecule is CCCCCCN1C(=O)/C(=N\NC(=O)N2CCOCC2)c2cc(SCCc3ccc(C(=O)O)cc3)ccc21. The Labute approximate surface area is 227 Å². The summed E-state index contributed by atoms with van der Waals surface area (Å²) in [4.78, 5) is 41.4. The number of rotatable bonds is 11. The Morgan fingerprint density at radius 1 is 1.08 bits per heavy atom. The van der Waals surface area contributed by atoms with E-state index < -0.39 is 5.97 Å². The van der Waals surface area contributed by atoms with E-state index in [0.29, 0.717) is 32.8 Å². The number of morpholine rings is 1. The van der Waals surface area contributed by atoms with Crippen LogP contribution >= 0.6 is 11.8 Å². The van der Waals surface area contributed by atoms with E-state index >= 15 is 0 Å². The molecule has 2 aliphatic rings. The van der Waals surface area contributed by atoms with Crippen LogP contribution in [0.5, 0.6) is 0 Å². The summed E-state index contributed by atoms with van der Waals surface area (Å²) >= 11 is 1.66. The summed E-state index contributed by atoms with van der Waals surface area (Å²) in [5, 5.41) is 13.4. The number of carboxylic acids is 1. The second-order valence-corrected chi connectivity index (χ2v) is 10.4. The minimum atomic E-state index is -0.934. The standard InChI is InChI=1S/C28H34N4O5S/c1-2-3-4-5-13-32-24-11-10-22(38-18-12-20-6-8-21(9-7-20)27(34)35)19-23(24)25(26(32)33)29-30-28(36)31-14-16-37-17-15-31/h6-11,19H,2-5,12-18H2,1H3,(H,30,36)(H,34,35)/b29-25-. The van der Waals surface area contributed by atoms with Gasteiger partial charge in [0, 0.05) is 35.8 Å². The Kier molecular flexibility index (Phi) is 9.78. The topological polar surface area (TPSA) is 112 Å². The van der Waals surface area contributed by atoms with E-state index in [1.807, 2.05) is 30.3 Å². The van der Waals surface area contributed by atoms with Crippen molar-refractivity contribution < 1.29 is 24.2 Å². The highest BCUT2D eigenvalue weighted by Gasteiger charge is 2.34. The number of amides is 3. The molecule has 0 atom stereocenters. The fourth-order valence-electron chi connectivity index (χ4n) is 4.45. The first kappa shape index (κ1) is 27.7. The van der Waals surface area contributed by atoms with Crippen LogP contribution in [0.15, 0.2) is 52.5 Å². The molecule has 38 heavy (non-hydrogen) atoms. The molecule has 0 aromatic heterocycles. The molecule has 0 spiro atoms. The summed E-state index contributed by atoms with van der Waals surface area (Å²) in [7, 11) is 0. The lowest BCUT2D eigenvalue weighted by molar-refractivity contribution is -0.112. The van der Waals surface area contributed by atoms with E-state index in [2.05, 4.69) is 17.5 Å². The van der Waals surface area contributed by atoms with Crippen molar-refractivity contribution >= 4 is 41.1 Å². The maximum absolute atomic E-state index is 13.4. The lowest BCUT2D eigenvalue weighted by atomic mass is 10.1. The summed E-state index contributed by atoms with van der Waals surface area (Å²) in [6.07, 6.45) is 4.98. The molecule has 10 heteroatoms. The molecule has 2 heterocycles. The lowest BCUT2D eigenvalue weighted by Crippen LogP contribution is -2.45. The third-order valence-corrected chi connectivity index (χ3v) is 7.61. The first-order valence-corrected chi connectivity index (χ1v) is 14.1. The van der Waals surface area contributed by atoms with Crippen LogP contribution in [0.3, 0.4) is 0 Å². The van der Waals surface area contributed by atoms with Gasteiger partial charge in [-0.25, -0.2) is 15.0 Å². The summed E-state index contributed by atoms with van der Waals surface area (Å²) < 4.78 is 5.30. The van der Waals surface area contributed by atoms with Crippen LogP contribution < -0.4 is 10.3 Å². The van der Waals surface area contributed by atoms with Crippen molar-refractivity contribution in [3.05, 3.63) is 59.2 Å². The highest BCUT2D eigenvalue weighted by atomic mass is 32.2. The lowest BCUT2D eigenvalue weighted by Gasteiger charge is -2.25. The van der Waals surface area contributed by atoms with Crippen LogP contribution in [-0.2, 0) is 16.0 Å². The number of nitrogens with zero attached hydrogens (tertiary/aromatic N) is 3. The zero-order chi connectivity index (χ0) is 26.9.